The fourth-order valence-corrected chi connectivity index (χ4v) is 4.59. The predicted molar refractivity (Wildman–Crippen MR) is 132 cm³/mol. The average Bonchev–Trinajstić information content (AvgIpc) is 3.53. The molecule has 8 heteroatoms. The van der Waals surface area contributed by atoms with Gasteiger partial charge in [-0.15, -0.1) is 0 Å². The van der Waals surface area contributed by atoms with E-state index in [0.717, 1.165) is 33.5 Å². The lowest BCUT2D eigenvalue weighted by molar-refractivity contribution is -0.121. The Balaban J connectivity index is 1.28. The number of ether oxygens (including phenoxy) is 1. The van der Waals surface area contributed by atoms with Gasteiger partial charge in [0.05, 0.1) is 19.9 Å². The monoisotopic (exact) mass is 472 g/mol. The van der Waals surface area contributed by atoms with Gasteiger partial charge in [-0.25, -0.2) is 4.79 Å². The number of carbonyl (C=O) groups excluding carboxylic acids is 2. The Morgan fingerprint density at radius 3 is 2.60 bits per heavy atom. The molecule has 2 N–H and O–H groups in total. The maximum Gasteiger partial charge on any atom is 0.317 e. The SMILES string of the molecule is COc1ccc(CNC(=O)N2CCc3c(c4ccccc4n3CC(=O)NCc3ccco3)C2)cc1. The molecular formula is C27H28N4O4. The summed E-state index contributed by atoms with van der Waals surface area (Å²) >= 11 is 0. The van der Waals surface area contributed by atoms with Gasteiger partial charge in [-0.2, -0.15) is 0 Å². The minimum Gasteiger partial charge on any atom is -0.497 e. The number of methoxy groups -OCH3 is 1. The summed E-state index contributed by atoms with van der Waals surface area (Å²) in [7, 11) is 1.63. The van der Waals surface area contributed by atoms with Crippen LogP contribution < -0.4 is 15.4 Å². The van der Waals surface area contributed by atoms with E-state index >= 15 is 0 Å². The Labute approximate surface area is 203 Å². The summed E-state index contributed by atoms with van der Waals surface area (Å²) < 4.78 is 12.6. The molecule has 0 saturated carbocycles. The first kappa shape index (κ1) is 22.6. The highest BCUT2D eigenvalue weighted by molar-refractivity contribution is 5.88. The lowest BCUT2D eigenvalue weighted by Gasteiger charge is -2.28. The third-order valence-electron chi connectivity index (χ3n) is 6.39. The van der Waals surface area contributed by atoms with E-state index in [0.29, 0.717) is 38.4 Å². The molecule has 0 unspecified atom stereocenters. The number of hydrogen-bond donors (Lipinski definition) is 2. The lowest BCUT2D eigenvalue weighted by Crippen LogP contribution is -2.42. The van der Waals surface area contributed by atoms with Crippen LogP contribution in [0, 0.1) is 0 Å². The number of hydrogen-bond acceptors (Lipinski definition) is 4. The number of furan rings is 1. The van der Waals surface area contributed by atoms with E-state index in [9.17, 15) is 9.59 Å². The van der Waals surface area contributed by atoms with Crippen LogP contribution in [0.4, 0.5) is 4.79 Å². The van der Waals surface area contributed by atoms with Crippen LogP contribution in [0.25, 0.3) is 10.9 Å². The van der Waals surface area contributed by atoms with Crippen molar-refractivity contribution in [3.8, 4) is 5.75 Å². The quantitative estimate of drug-likeness (QED) is 0.428. The topological polar surface area (TPSA) is 88.7 Å². The molecule has 0 radical (unpaired) electrons. The van der Waals surface area contributed by atoms with E-state index in [1.165, 1.54) is 0 Å². The number of carbonyl (C=O) groups is 2. The third kappa shape index (κ3) is 4.87. The Bertz CT molecular complexity index is 1330. The van der Waals surface area contributed by atoms with Crippen molar-refractivity contribution in [3.63, 3.8) is 0 Å². The molecule has 0 aliphatic carbocycles. The van der Waals surface area contributed by atoms with E-state index in [1.54, 1.807) is 19.4 Å². The van der Waals surface area contributed by atoms with Gasteiger partial charge in [-0.1, -0.05) is 30.3 Å². The largest absolute Gasteiger partial charge is 0.497 e. The first-order chi connectivity index (χ1) is 17.1. The molecule has 3 heterocycles. The molecule has 0 bridgehead atoms. The van der Waals surface area contributed by atoms with E-state index in [4.69, 9.17) is 9.15 Å². The van der Waals surface area contributed by atoms with E-state index in [-0.39, 0.29) is 18.5 Å². The molecule has 0 atom stereocenters. The number of aromatic nitrogens is 1. The van der Waals surface area contributed by atoms with Crippen molar-refractivity contribution in [2.45, 2.75) is 32.6 Å². The number of urea groups is 1. The van der Waals surface area contributed by atoms with E-state index in [1.807, 2.05) is 53.4 Å². The zero-order chi connectivity index (χ0) is 24.2. The molecule has 2 aromatic heterocycles. The lowest BCUT2D eigenvalue weighted by atomic mass is 10.0. The zero-order valence-corrected chi connectivity index (χ0v) is 19.6. The maximum atomic E-state index is 12.9. The smallest absolute Gasteiger partial charge is 0.317 e. The van der Waals surface area contributed by atoms with Gasteiger partial charge >= 0.3 is 6.03 Å². The van der Waals surface area contributed by atoms with Crippen molar-refractivity contribution >= 4 is 22.8 Å². The minimum atomic E-state index is -0.0977. The number of benzene rings is 2. The summed E-state index contributed by atoms with van der Waals surface area (Å²) in [5.74, 6) is 1.42. The van der Waals surface area contributed by atoms with Crippen LogP contribution in [-0.2, 0) is 37.4 Å². The van der Waals surface area contributed by atoms with Gasteiger partial charge in [0.1, 0.15) is 18.1 Å². The Morgan fingerprint density at radius 1 is 1.00 bits per heavy atom. The molecule has 0 saturated heterocycles. The zero-order valence-electron chi connectivity index (χ0n) is 19.6. The summed E-state index contributed by atoms with van der Waals surface area (Å²) in [6.45, 7) is 2.12. The molecule has 4 aromatic rings. The maximum absolute atomic E-state index is 12.9. The van der Waals surface area contributed by atoms with Crippen LogP contribution in [-0.4, -0.2) is 35.1 Å². The van der Waals surface area contributed by atoms with E-state index < -0.39 is 0 Å². The van der Waals surface area contributed by atoms with Crippen LogP contribution in [0.3, 0.4) is 0 Å². The van der Waals surface area contributed by atoms with Crippen LogP contribution in [0.1, 0.15) is 22.6 Å². The Hall–Kier alpha value is -4.20. The highest BCUT2D eigenvalue weighted by Gasteiger charge is 2.27. The average molecular weight is 473 g/mol. The second-order valence-corrected chi connectivity index (χ2v) is 8.56. The summed E-state index contributed by atoms with van der Waals surface area (Å²) in [5.41, 5.74) is 4.23. The molecule has 0 fully saturated rings. The number of amides is 3. The number of para-hydroxylation sites is 1. The molecule has 3 amide bonds. The summed E-state index contributed by atoms with van der Waals surface area (Å²) in [6.07, 6.45) is 2.28. The summed E-state index contributed by atoms with van der Waals surface area (Å²) in [4.78, 5) is 27.5. The van der Waals surface area contributed by atoms with Crippen molar-refractivity contribution in [2.75, 3.05) is 13.7 Å². The van der Waals surface area contributed by atoms with Crippen molar-refractivity contribution in [1.82, 2.24) is 20.1 Å². The highest BCUT2D eigenvalue weighted by atomic mass is 16.5. The first-order valence-electron chi connectivity index (χ1n) is 11.7. The first-order valence-corrected chi connectivity index (χ1v) is 11.7. The number of rotatable bonds is 7. The van der Waals surface area contributed by atoms with Gasteiger partial charge < -0.3 is 29.3 Å². The predicted octanol–water partition coefficient (Wildman–Crippen LogP) is 3.83. The minimum absolute atomic E-state index is 0.0791. The molecule has 5 rings (SSSR count). The summed E-state index contributed by atoms with van der Waals surface area (Å²) in [5, 5.41) is 7.02. The van der Waals surface area contributed by atoms with E-state index in [2.05, 4.69) is 21.3 Å². The Morgan fingerprint density at radius 2 is 1.83 bits per heavy atom. The highest BCUT2D eigenvalue weighted by Crippen LogP contribution is 2.31. The van der Waals surface area contributed by atoms with Crippen LogP contribution >= 0.6 is 0 Å². The second-order valence-electron chi connectivity index (χ2n) is 8.56. The van der Waals surface area contributed by atoms with Crippen LogP contribution in [0.2, 0.25) is 0 Å². The second kappa shape index (κ2) is 9.97. The van der Waals surface area contributed by atoms with Gasteiger partial charge in [-0.3, -0.25) is 4.79 Å². The van der Waals surface area contributed by atoms with Crippen molar-refractivity contribution in [1.29, 1.82) is 0 Å². The van der Waals surface area contributed by atoms with Gasteiger partial charge in [0.15, 0.2) is 0 Å². The van der Waals surface area contributed by atoms with Crippen LogP contribution in [0.5, 0.6) is 5.75 Å². The van der Waals surface area contributed by atoms with Gasteiger partial charge in [0, 0.05) is 48.2 Å². The number of nitrogens with one attached hydrogen (secondary N) is 2. The van der Waals surface area contributed by atoms with Gasteiger partial charge in [0.25, 0.3) is 0 Å². The van der Waals surface area contributed by atoms with Crippen molar-refractivity contribution in [2.24, 2.45) is 0 Å². The van der Waals surface area contributed by atoms with Gasteiger partial charge in [-0.05, 0) is 35.9 Å². The van der Waals surface area contributed by atoms with Crippen molar-refractivity contribution in [3.05, 3.63) is 89.5 Å². The molecule has 1 aliphatic rings. The van der Waals surface area contributed by atoms with Crippen molar-refractivity contribution < 1.29 is 18.7 Å². The molecular weight excluding hydrogens is 444 g/mol. The molecule has 0 spiro atoms. The third-order valence-corrected chi connectivity index (χ3v) is 6.39. The fourth-order valence-electron chi connectivity index (χ4n) is 4.59. The standard InChI is InChI=1S/C27H28N4O4/c1-34-20-10-8-19(9-11-20)15-29-27(33)30-13-12-25-23(17-30)22-6-2-3-7-24(22)31(25)18-26(32)28-16-21-5-4-14-35-21/h2-11,14H,12-13,15-18H2,1H3,(H,28,32)(H,29,33). The molecule has 180 valence electrons. The molecule has 35 heavy (non-hydrogen) atoms. The number of fused-ring (bicyclic) bond motifs is 3. The normalized spacial score (nSPS) is 12.9. The summed E-state index contributed by atoms with van der Waals surface area (Å²) in [6, 6.07) is 19.2. The molecule has 8 nitrogen and oxygen atoms in total. The van der Waals surface area contributed by atoms with Crippen LogP contribution in [0.15, 0.2) is 71.3 Å². The molecule has 1 aliphatic heterocycles. The fraction of sp³-hybridized carbons (Fsp3) is 0.259. The van der Waals surface area contributed by atoms with Gasteiger partial charge in [0.2, 0.25) is 5.91 Å². The molecule has 2 aromatic carbocycles. The number of nitrogens with zero attached hydrogens (tertiary/aromatic N) is 2. The Kier molecular flexibility index (Phi) is 6.43.